The van der Waals surface area contributed by atoms with Gasteiger partial charge < -0.3 is 0 Å². The second-order valence-corrected chi connectivity index (χ2v) is 4.92. The molecule has 1 saturated carbocycles. The lowest BCUT2D eigenvalue weighted by atomic mass is 10.4. The SMILES string of the molecule is Cc1cn(-c2cc(Br)nc(C3CC3)n2)cn1. The third kappa shape index (κ3) is 1.87. The summed E-state index contributed by atoms with van der Waals surface area (Å²) in [5.74, 6) is 2.38. The number of hydrogen-bond acceptors (Lipinski definition) is 3. The molecular weight excluding hydrogens is 268 g/mol. The Morgan fingerprint density at radius 2 is 2.19 bits per heavy atom. The Kier molecular flexibility index (Phi) is 2.28. The molecule has 0 aliphatic heterocycles. The van der Waals surface area contributed by atoms with Crippen molar-refractivity contribution in [1.29, 1.82) is 0 Å². The molecule has 2 heterocycles. The van der Waals surface area contributed by atoms with Crippen LogP contribution >= 0.6 is 15.9 Å². The Morgan fingerprint density at radius 1 is 1.38 bits per heavy atom. The van der Waals surface area contributed by atoms with Gasteiger partial charge in [0.15, 0.2) is 0 Å². The van der Waals surface area contributed by atoms with E-state index in [9.17, 15) is 0 Å². The minimum Gasteiger partial charge on any atom is -0.290 e. The molecule has 0 aromatic carbocycles. The van der Waals surface area contributed by atoms with Crippen LogP contribution in [0.3, 0.4) is 0 Å². The van der Waals surface area contributed by atoms with E-state index >= 15 is 0 Å². The Morgan fingerprint density at radius 3 is 2.81 bits per heavy atom. The Hall–Kier alpha value is -1.23. The number of hydrogen-bond donors (Lipinski definition) is 0. The molecule has 0 N–H and O–H groups in total. The number of aryl methyl sites for hydroxylation is 1. The quantitative estimate of drug-likeness (QED) is 0.794. The van der Waals surface area contributed by atoms with Crippen LogP contribution < -0.4 is 0 Å². The fraction of sp³-hybridized carbons (Fsp3) is 0.364. The van der Waals surface area contributed by atoms with Crippen molar-refractivity contribution >= 4 is 15.9 Å². The highest BCUT2D eigenvalue weighted by Crippen LogP contribution is 2.38. The van der Waals surface area contributed by atoms with Gasteiger partial charge in [-0.2, -0.15) is 0 Å². The zero-order valence-corrected chi connectivity index (χ0v) is 10.5. The van der Waals surface area contributed by atoms with Crippen LogP contribution in [0.15, 0.2) is 23.2 Å². The molecule has 0 amide bonds. The van der Waals surface area contributed by atoms with Crippen molar-refractivity contribution < 1.29 is 0 Å². The van der Waals surface area contributed by atoms with E-state index in [1.165, 1.54) is 12.8 Å². The van der Waals surface area contributed by atoms with E-state index in [1.807, 2.05) is 23.8 Å². The molecule has 16 heavy (non-hydrogen) atoms. The molecule has 0 radical (unpaired) electrons. The van der Waals surface area contributed by atoms with Gasteiger partial charge in [-0.25, -0.2) is 15.0 Å². The molecule has 82 valence electrons. The maximum Gasteiger partial charge on any atom is 0.142 e. The smallest absolute Gasteiger partial charge is 0.142 e. The van der Waals surface area contributed by atoms with E-state index in [0.29, 0.717) is 5.92 Å². The molecule has 0 unspecified atom stereocenters. The summed E-state index contributed by atoms with van der Waals surface area (Å²) in [5.41, 5.74) is 0.989. The van der Waals surface area contributed by atoms with E-state index in [2.05, 4.69) is 30.9 Å². The van der Waals surface area contributed by atoms with Gasteiger partial charge in [0, 0.05) is 18.2 Å². The molecule has 3 rings (SSSR count). The summed E-state index contributed by atoms with van der Waals surface area (Å²) in [6.45, 7) is 1.97. The van der Waals surface area contributed by atoms with Gasteiger partial charge in [-0.15, -0.1) is 0 Å². The molecule has 4 nitrogen and oxygen atoms in total. The molecule has 0 bridgehead atoms. The number of imidazole rings is 1. The zero-order chi connectivity index (χ0) is 11.1. The van der Waals surface area contributed by atoms with E-state index in [1.54, 1.807) is 6.33 Å². The van der Waals surface area contributed by atoms with Crippen molar-refractivity contribution in [3.05, 3.63) is 34.7 Å². The average molecular weight is 279 g/mol. The van der Waals surface area contributed by atoms with Gasteiger partial charge in [0.25, 0.3) is 0 Å². The summed E-state index contributed by atoms with van der Waals surface area (Å²) < 4.78 is 2.76. The van der Waals surface area contributed by atoms with Crippen LogP contribution in [0.4, 0.5) is 0 Å². The number of halogens is 1. The Bertz CT molecular complexity index is 531. The third-order valence-corrected chi connectivity index (χ3v) is 3.02. The molecule has 0 spiro atoms. The zero-order valence-electron chi connectivity index (χ0n) is 8.89. The first-order valence-corrected chi connectivity index (χ1v) is 6.07. The molecule has 0 saturated heterocycles. The van der Waals surface area contributed by atoms with Crippen molar-refractivity contribution in [2.45, 2.75) is 25.7 Å². The van der Waals surface area contributed by atoms with Gasteiger partial charge in [0.1, 0.15) is 22.6 Å². The van der Waals surface area contributed by atoms with Crippen LogP contribution in [0.25, 0.3) is 5.82 Å². The van der Waals surface area contributed by atoms with E-state index in [4.69, 9.17) is 0 Å². The summed E-state index contributed by atoms with van der Waals surface area (Å²) in [5, 5.41) is 0. The maximum atomic E-state index is 4.56. The third-order valence-electron chi connectivity index (χ3n) is 2.62. The monoisotopic (exact) mass is 278 g/mol. The largest absolute Gasteiger partial charge is 0.290 e. The minimum absolute atomic E-state index is 0.556. The Balaban J connectivity index is 2.06. The van der Waals surface area contributed by atoms with Gasteiger partial charge in [-0.05, 0) is 35.7 Å². The lowest BCUT2D eigenvalue weighted by Gasteiger charge is -2.04. The van der Waals surface area contributed by atoms with Crippen LogP contribution in [-0.2, 0) is 0 Å². The van der Waals surface area contributed by atoms with Gasteiger partial charge in [-0.3, -0.25) is 4.57 Å². The van der Waals surface area contributed by atoms with Crippen LogP contribution in [0, 0.1) is 6.92 Å². The van der Waals surface area contributed by atoms with Gasteiger partial charge in [0.05, 0.1) is 5.69 Å². The van der Waals surface area contributed by atoms with Crippen molar-refractivity contribution in [3.63, 3.8) is 0 Å². The predicted molar refractivity (Wildman–Crippen MR) is 63.6 cm³/mol. The van der Waals surface area contributed by atoms with Gasteiger partial charge in [-0.1, -0.05) is 0 Å². The second-order valence-electron chi connectivity index (χ2n) is 4.10. The van der Waals surface area contributed by atoms with E-state index in [-0.39, 0.29) is 0 Å². The highest BCUT2D eigenvalue weighted by atomic mass is 79.9. The topological polar surface area (TPSA) is 43.6 Å². The van der Waals surface area contributed by atoms with Gasteiger partial charge >= 0.3 is 0 Å². The highest BCUT2D eigenvalue weighted by Gasteiger charge is 2.27. The van der Waals surface area contributed by atoms with Crippen LogP contribution in [0.5, 0.6) is 0 Å². The maximum absolute atomic E-state index is 4.56. The van der Waals surface area contributed by atoms with E-state index in [0.717, 1.165) is 21.9 Å². The molecule has 1 aliphatic rings. The second kappa shape index (κ2) is 3.66. The number of rotatable bonds is 2. The normalized spacial score (nSPS) is 15.4. The van der Waals surface area contributed by atoms with Crippen molar-refractivity contribution in [3.8, 4) is 5.82 Å². The Labute approximate surface area is 102 Å². The molecule has 1 aliphatic carbocycles. The molecule has 0 atom stereocenters. The van der Waals surface area contributed by atoms with Gasteiger partial charge in [0.2, 0.25) is 0 Å². The van der Waals surface area contributed by atoms with E-state index < -0.39 is 0 Å². The average Bonchev–Trinajstić information content (AvgIpc) is 3.01. The first-order valence-electron chi connectivity index (χ1n) is 5.28. The summed E-state index contributed by atoms with van der Waals surface area (Å²) >= 11 is 3.43. The molecule has 2 aromatic rings. The predicted octanol–water partition coefficient (Wildman–Crippen LogP) is 2.61. The molecule has 1 fully saturated rings. The lowest BCUT2D eigenvalue weighted by Crippen LogP contribution is -2.00. The van der Waals surface area contributed by atoms with Crippen LogP contribution in [0.1, 0.15) is 30.3 Å². The van der Waals surface area contributed by atoms with Crippen molar-refractivity contribution in [1.82, 2.24) is 19.5 Å². The molecular formula is C11H11BrN4. The summed E-state index contributed by atoms with van der Waals surface area (Å²) in [6.07, 6.45) is 6.16. The summed E-state index contributed by atoms with van der Waals surface area (Å²) in [6, 6.07) is 1.91. The van der Waals surface area contributed by atoms with Crippen LogP contribution in [0.2, 0.25) is 0 Å². The lowest BCUT2D eigenvalue weighted by molar-refractivity contribution is 0.869. The minimum atomic E-state index is 0.556. The summed E-state index contributed by atoms with van der Waals surface area (Å²) in [4.78, 5) is 13.2. The number of aromatic nitrogens is 4. The first-order chi connectivity index (χ1) is 7.72. The fourth-order valence-electron chi connectivity index (χ4n) is 1.63. The number of nitrogens with zero attached hydrogens (tertiary/aromatic N) is 4. The standard InChI is InChI=1S/C11H11BrN4/c1-7-5-16(6-13-7)10-4-9(12)14-11(15-10)8-2-3-8/h4-6,8H,2-3H2,1H3. The summed E-state index contributed by atoms with van der Waals surface area (Å²) in [7, 11) is 0. The fourth-order valence-corrected chi connectivity index (χ4v) is 2.01. The van der Waals surface area contributed by atoms with Crippen LogP contribution in [-0.4, -0.2) is 19.5 Å². The first kappa shape index (κ1) is 9.96. The molecule has 5 heteroatoms. The molecule has 2 aromatic heterocycles. The highest BCUT2D eigenvalue weighted by molar-refractivity contribution is 9.10. The van der Waals surface area contributed by atoms with Crippen molar-refractivity contribution in [2.75, 3.05) is 0 Å². The van der Waals surface area contributed by atoms with Crippen molar-refractivity contribution in [2.24, 2.45) is 0 Å².